The van der Waals surface area contributed by atoms with E-state index in [1.807, 2.05) is 30.5 Å². The first-order valence-corrected chi connectivity index (χ1v) is 8.70. The Morgan fingerprint density at radius 1 is 1.39 bits per heavy atom. The van der Waals surface area contributed by atoms with Crippen LogP contribution in [0, 0.1) is 5.92 Å². The first-order chi connectivity index (χ1) is 11.0. The third-order valence-corrected chi connectivity index (χ3v) is 5.23. The molecule has 3 rings (SSSR count). The number of carbonyl (C=O) groups excluding carboxylic acids is 2. The van der Waals surface area contributed by atoms with E-state index in [9.17, 15) is 9.59 Å². The molecule has 0 unspecified atom stereocenters. The van der Waals surface area contributed by atoms with E-state index in [0.29, 0.717) is 11.6 Å². The lowest BCUT2D eigenvalue weighted by Crippen LogP contribution is -2.34. The van der Waals surface area contributed by atoms with Gasteiger partial charge < -0.3 is 10.2 Å². The molecule has 1 aliphatic rings. The zero-order valence-electron chi connectivity index (χ0n) is 12.7. The molecule has 1 saturated heterocycles. The smallest absolute Gasteiger partial charge is 0.227 e. The van der Waals surface area contributed by atoms with Gasteiger partial charge in [0.15, 0.2) is 0 Å². The number of anilines is 1. The molecule has 1 aromatic heterocycles. The van der Waals surface area contributed by atoms with Crippen LogP contribution < -0.4 is 10.2 Å². The fourth-order valence-corrected chi connectivity index (χ4v) is 3.64. The predicted molar refractivity (Wildman–Crippen MR) is 92.8 cm³/mol. The minimum absolute atomic E-state index is 0.0437. The maximum absolute atomic E-state index is 12.4. The van der Waals surface area contributed by atoms with Crippen LogP contribution >= 0.6 is 22.9 Å². The summed E-state index contributed by atoms with van der Waals surface area (Å²) in [5, 5.41) is 5.56. The molecular formula is C17H17ClN2O2S. The Hall–Kier alpha value is -1.85. The molecule has 23 heavy (non-hydrogen) atoms. The van der Waals surface area contributed by atoms with Gasteiger partial charge in [0.2, 0.25) is 11.8 Å². The lowest BCUT2D eigenvalue weighted by molar-refractivity contribution is -0.126. The summed E-state index contributed by atoms with van der Waals surface area (Å²) >= 11 is 7.59. The summed E-state index contributed by atoms with van der Waals surface area (Å²) in [4.78, 5) is 27.4. The van der Waals surface area contributed by atoms with Gasteiger partial charge in [0.05, 0.1) is 12.0 Å². The van der Waals surface area contributed by atoms with Crippen molar-refractivity contribution >= 4 is 40.4 Å². The molecule has 0 aliphatic carbocycles. The van der Waals surface area contributed by atoms with Gasteiger partial charge in [-0.15, -0.1) is 11.3 Å². The number of nitrogens with zero attached hydrogens (tertiary/aromatic N) is 1. The Kier molecular flexibility index (Phi) is 4.68. The number of amides is 2. The number of hydrogen-bond donors (Lipinski definition) is 1. The van der Waals surface area contributed by atoms with Crippen LogP contribution in [0.2, 0.25) is 5.02 Å². The van der Waals surface area contributed by atoms with Crippen LogP contribution in [-0.2, 0) is 9.59 Å². The number of benzene rings is 1. The molecule has 2 heterocycles. The van der Waals surface area contributed by atoms with Crippen molar-refractivity contribution in [2.24, 2.45) is 5.92 Å². The van der Waals surface area contributed by atoms with Gasteiger partial charge in [-0.2, -0.15) is 0 Å². The average Bonchev–Trinajstić information content (AvgIpc) is 3.16. The highest BCUT2D eigenvalue weighted by molar-refractivity contribution is 7.10. The van der Waals surface area contributed by atoms with Crippen LogP contribution in [0.5, 0.6) is 0 Å². The van der Waals surface area contributed by atoms with Crippen LogP contribution in [0.15, 0.2) is 41.8 Å². The highest BCUT2D eigenvalue weighted by Gasteiger charge is 2.35. The molecule has 1 N–H and O–H groups in total. The average molecular weight is 349 g/mol. The molecule has 1 aromatic carbocycles. The van der Waals surface area contributed by atoms with Gasteiger partial charge in [-0.3, -0.25) is 9.59 Å². The standard InChI is InChI=1S/C17H17ClN2O2S/c1-11(15-6-3-7-23-15)19-17(22)12-8-16(21)20(10-12)14-5-2-4-13(18)9-14/h2-7,9,11-12H,8,10H2,1H3,(H,19,22)/t11-,12+/m1/s1. The van der Waals surface area contributed by atoms with E-state index in [0.717, 1.165) is 10.6 Å². The summed E-state index contributed by atoms with van der Waals surface area (Å²) in [5.41, 5.74) is 0.740. The van der Waals surface area contributed by atoms with Crippen LogP contribution in [-0.4, -0.2) is 18.4 Å². The molecule has 120 valence electrons. The van der Waals surface area contributed by atoms with E-state index in [4.69, 9.17) is 11.6 Å². The van der Waals surface area contributed by atoms with Crippen LogP contribution in [0.4, 0.5) is 5.69 Å². The summed E-state index contributed by atoms with van der Waals surface area (Å²) in [6, 6.07) is 11.1. The normalized spacial score (nSPS) is 19.0. The van der Waals surface area contributed by atoms with Crippen molar-refractivity contribution in [2.45, 2.75) is 19.4 Å². The number of hydrogen-bond acceptors (Lipinski definition) is 3. The third-order valence-electron chi connectivity index (χ3n) is 3.94. The molecule has 1 aliphatic heterocycles. The second-order valence-corrected chi connectivity index (χ2v) is 7.05. The first-order valence-electron chi connectivity index (χ1n) is 7.44. The fourth-order valence-electron chi connectivity index (χ4n) is 2.72. The van der Waals surface area contributed by atoms with E-state index in [-0.39, 0.29) is 30.2 Å². The van der Waals surface area contributed by atoms with Gasteiger partial charge in [-0.05, 0) is 36.6 Å². The molecule has 6 heteroatoms. The van der Waals surface area contributed by atoms with E-state index >= 15 is 0 Å². The van der Waals surface area contributed by atoms with Gasteiger partial charge in [-0.1, -0.05) is 23.7 Å². The van der Waals surface area contributed by atoms with Gasteiger partial charge in [0.25, 0.3) is 0 Å². The Labute approximate surface area is 144 Å². The van der Waals surface area contributed by atoms with Crippen molar-refractivity contribution in [2.75, 3.05) is 11.4 Å². The van der Waals surface area contributed by atoms with E-state index < -0.39 is 0 Å². The lowest BCUT2D eigenvalue weighted by atomic mass is 10.1. The number of nitrogens with one attached hydrogen (secondary N) is 1. The van der Waals surface area contributed by atoms with Crippen molar-refractivity contribution in [1.29, 1.82) is 0 Å². The summed E-state index contributed by atoms with van der Waals surface area (Å²) in [6.07, 6.45) is 0.232. The minimum Gasteiger partial charge on any atom is -0.348 e. The zero-order valence-corrected chi connectivity index (χ0v) is 14.2. The number of rotatable bonds is 4. The second kappa shape index (κ2) is 6.72. The van der Waals surface area contributed by atoms with E-state index in [2.05, 4.69) is 5.32 Å². The molecule has 1 fully saturated rings. The SMILES string of the molecule is C[C@@H](NC(=O)[C@H]1CC(=O)N(c2cccc(Cl)c2)C1)c1cccs1. The van der Waals surface area contributed by atoms with Crippen molar-refractivity contribution in [3.63, 3.8) is 0 Å². The molecular weight excluding hydrogens is 332 g/mol. The third kappa shape index (κ3) is 3.57. The molecule has 2 aromatic rings. The fraction of sp³-hybridized carbons (Fsp3) is 0.294. The quantitative estimate of drug-likeness (QED) is 0.917. The molecule has 0 bridgehead atoms. The molecule has 2 atom stereocenters. The zero-order chi connectivity index (χ0) is 16.4. The maximum atomic E-state index is 12.4. The molecule has 0 spiro atoms. The predicted octanol–water partition coefficient (Wildman–Crippen LogP) is 3.63. The van der Waals surface area contributed by atoms with Gasteiger partial charge in [0, 0.05) is 28.6 Å². The lowest BCUT2D eigenvalue weighted by Gasteiger charge is -2.18. The molecule has 4 nitrogen and oxygen atoms in total. The highest BCUT2D eigenvalue weighted by atomic mass is 35.5. The molecule has 0 radical (unpaired) electrons. The summed E-state index contributed by atoms with van der Waals surface area (Å²) in [6.45, 7) is 2.34. The van der Waals surface area contributed by atoms with Gasteiger partial charge in [-0.25, -0.2) is 0 Å². The van der Waals surface area contributed by atoms with Gasteiger partial charge >= 0.3 is 0 Å². The molecule has 0 saturated carbocycles. The Balaban J connectivity index is 1.66. The Bertz CT molecular complexity index is 717. The number of halogens is 1. The number of thiophene rings is 1. The largest absolute Gasteiger partial charge is 0.348 e. The minimum atomic E-state index is -0.330. The van der Waals surface area contributed by atoms with Crippen molar-refractivity contribution in [3.8, 4) is 0 Å². The summed E-state index contributed by atoms with van der Waals surface area (Å²) < 4.78 is 0. The van der Waals surface area contributed by atoms with Gasteiger partial charge in [0.1, 0.15) is 0 Å². The highest BCUT2D eigenvalue weighted by Crippen LogP contribution is 2.28. The van der Waals surface area contributed by atoms with Crippen LogP contribution in [0.3, 0.4) is 0 Å². The van der Waals surface area contributed by atoms with Crippen LogP contribution in [0.25, 0.3) is 0 Å². The topological polar surface area (TPSA) is 49.4 Å². The van der Waals surface area contributed by atoms with Crippen LogP contribution in [0.1, 0.15) is 24.3 Å². The Morgan fingerprint density at radius 3 is 2.91 bits per heavy atom. The maximum Gasteiger partial charge on any atom is 0.227 e. The Morgan fingerprint density at radius 2 is 2.22 bits per heavy atom. The number of carbonyl (C=O) groups is 2. The van der Waals surface area contributed by atoms with Crippen molar-refractivity contribution in [3.05, 3.63) is 51.7 Å². The van der Waals surface area contributed by atoms with E-state index in [1.54, 1.807) is 34.4 Å². The first kappa shape index (κ1) is 16.0. The summed E-state index contributed by atoms with van der Waals surface area (Å²) in [7, 11) is 0. The van der Waals surface area contributed by atoms with E-state index in [1.165, 1.54) is 0 Å². The second-order valence-electron chi connectivity index (χ2n) is 5.63. The molecule has 2 amide bonds. The summed E-state index contributed by atoms with van der Waals surface area (Å²) in [5.74, 6) is -0.455. The monoisotopic (exact) mass is 348 g/mol. The van der Waals surface area contributed by atoms with Crippen molar-refractivity contribution < 1.29 is 9.59 Å². The van der Waals surface area contributed by atoms with Crippen molar-refractivity contribution in [1.82, 2.24) is 5.32 Å².